The molecule has 0 amide bonds. The number of rotatable bonds is 2. The van der Waals surface area contributed by atoms with Gasteiger partial charge in [-0.25, -0.2) is 4.79 Å². The highest BCUT2D eigenvalue weighted by atomic mass is 16.5. The lowest BCUT2D eigenvalue weighted by Crippen LogP contribution is -2.24. The molecular weight excluding hydrogens is 296 g/mol. The second-order valence-electron chi connectivity index (χ2n) is 5.07. The van der Waals surface area contributed by atoms with Crippen LogP contribution in [0, 0.1) is 0 Å². The molecule has 2 aromatic rings. The predicted molar refractivity (Wildman–Crippen MR) is 81.3 cm³/mol. The smallest absolute Gasteiger partial charge is 0.343 e. The summed E-state index contributed by atoms with van der Waals surface area (Å²) < 4.78 is 5.14. The lowest BCUT2D eigenvalue weighted by atomic mass is 9.88. The van der Waals surface area contributed by atoms with Crippen molar-refractivity contribution in [2.45, 2.75) is 6.92 Å². The van der Waals surface area contributed by atoms with Gasteiger partial charge in [0.2, 0.25) is 5.78 Å². The minimum Gasteiger partial charge on any atom is -0.507 e. The van der Waals surface area contributed by atoms with Crippen molar-refractivity contribution in [3.8, 4) is 5.75 Å². The van der Waals surface area contributed by atoms with Crippen molar-refractivity contribution >= 4 is 17.5 Å². The van der Waals surface area contributed by atoms with Crippen LogP contribution in [0.25, 0.3) is 0 Å². The highest BCUT2D eigenvalue weighted by molar-refractivity contribution is 6.27. The third-order valence-corrected chi connectivity index (χ3v) is 3.61. The normalized spacial score (nSPS) is 13.8. The van der Waals surface area contributed by atoms with Crippen LogP contribution in [0.4, 0.5) is 0 Å². The zero-order chi connectivity index (χ0) is 16.6. The summed E-state index contributed by atoms with van der Waals surface area (Å²) in [5.74, 6) is -2.54. The molecule has 0 radical (unpaired) electrons. The van der Waals surface area contributed by atoms with E-state index >= 15 is 0 Å². The molecule has 0 aliphatic heterocycles. The van der Waals surface area contributed by atoms with E-state index < -0.39 is 17.5 Å². The van der Waals surface area contributed by atoms with Gasteiger partial charge in [0.1, 0.15) is 5.75 Å². The predicted octanol–water partition coefficient (Wildman–Crippen LogP) is 2.90. The number of allylic oxidation sites excluding steroid dienone is 2. The van der Waals surface area contributed by atoms with Gasteiger partial charge in [-0.3, -0.25) is 9.59 Å². The molecule has 0 fully saturated rings. The van der Waals surface area contributed by atoms with Gasteiger partial charge < -0.3 is 9.84 Å². The van der Waals surface area contributed by atoms with Crippen LogP contribution in [0.5, 0.6) is 5.75 Å². The maximum absolute atomic E-state index is 12.5. The molecule has 0 atom stereocenters. The number of hydrogen-bond acceptors (Lipinski definition) is 5. The number of Topliss-reactive ketones (excluding diaryl/α,β-unsaturated/α-hetero) is 2. The molecule has 2 aromatic carbocycles. The molecular formula is C18H12O5. The number of aromatic hydroxyl groups is 1. The van der Waals surface area contributed by atoms with Crippen LogP contribution < -0.4 is 0 Å². The first-order chi connectivity index (χ1) is 11.0. The van der Waals surface area contributed by atoms with Crippen LogP contribution in [-0.2, 0) is 4.74 Å². The van der Waals surface area contributed by atoms with Crippen LogP contribution in [0.1, 0.15) is 38.0 Å². The van der Waals surface area contributed by atoms with Crippen LogP contribution >= 0.6 is 0 Å². The number of carbonyl (C=O) groups excluding carboxylic acids is 3. The first-order valence-electron chi connectivity index (χ1n) is 6.90. The molecule has 0 saturated heterocycles. The van der Waals surface area contributed by atoms with Crippen molar-refractivity contribution in [1.29, 1.82) is 0 Å². The lowest BCUT2D eigenvalue weighted by molar-refractivity contribution is 0.0579. The fraction of sp³-hybridized carbons (Fsp3) is 0.0556. The van der Waals surface area contributed by atoms with Crippen molar-refractivity contribution < 1.29 is 24.2 Å². The molecule has 23 heavy (non-hydrogen) atoms. The molecule has 5 heteroatoms. The number of phenols is 1. The number of ketones is 2. The van der Waals surface area contributed by atoms with E-state index in [0.717, 1.165) is 0 Å². The molecule has 3 rings (SSSR count). The van der Waals surface area contributed by atoms with Gasteiger partial charge in [-0.05, 0) is 25.1 Å². The van der Waals surface area contributed by atoms with E-state index in [0.29, 0.717) is 0 Å². The summed E-state index contributed by atoms with van der Waals surface area (Å²) in [4.78, 5) is 37.0. The average Bonchev–Trinajstić information content (AvgIpc) is 2.57. The summed E-state index contributed by atoms with van der Waals surface area (Å²) in [5.41, 5.74) is 0.263. The second-order valence-corrected chi connectivity index (χ2v) is 5.07. The Morgan fingerprint density at radius 2 is 1.65 bits per heavy atom. The lowest BCUT2D eigenvalue weighted by Gasteiger charge is -2.19. The quantitative estimate of drug-likeness (QED) is 0.863. The Morgan fingerprint density at radius 3 is 2.35 bits per heavy atom. The van der Waals surface area contributed by atoms with Crippen molar-refractivity contribution in [1.82, 2.24) is 0 Å². The second kappa shape index (κ2) is 5.53. The third-order valence-electron chi connectivity index (χ3n) is 3.61. The highest BCUT2D eigenvalue weighted by Crippen LogP contribution is 2.32. The molecule has 1 aliphatic carbocycles. The average molecular weight is 308 g/mol. The number of benzene rings is 2. The summed E-state index contributed by atoms with van der Waals surface area (Å²) in [6, 6.07) is 12.4. The van der Waals surface area contributed by atoms with Crippen molar-refractivity contribution in [3.63, 3.8) is 0 Å². The standard InChI is InChI=1S/C18H12O5/c1-10-15(20)12-8-5-9-13(19)14(12)16(21)17(10)23-18(22)11-6-3-2-4-7-11/h2-9,19H,1H3. The van der Waals surface area contributed by atoms with Gasteiger partial charge in [-0.2, -0.15) is 0 Å². The van der Waals surface area contributed by atoms with Crippen molar-refractivity contribution in [3.05, 3.63) is 76.6 Å². The van der Waals surface area contributed by atoms with Gasteiger partial charge >= 0.3 is 5.97 Å². The maximum Gasteiger partial charge on any atom is 0.343 e. The zero-order valence-corrected chi connectivity index (χ0v) is 12.2. The molecule has 1 N–H and O–H groups in total. The van der Waals surface area contributed by atoms with Crippen LogP contribution in [-0.4, -0.2) is 22.6 Å². The molecule has 0 bridgehead atoms. The number of fused-ring (bicyclic) bond motifs is 1. The number of hydrogen-bond donors (Lipinski definition) is 1. The van der Waals surface area contributed by atoms with Gasteiger partial charge in [-0.15, -0.1) is 0 Å². The number of phenolic OH excluding ortho intramolecular Hbond substituents is 1. The zero-order valence-electron chi connectivity index (χ0n) is 12.2. The topological polar surface area (TPSA) is 80.7 Å². The van der Waals surface area contributed by atoms with Gasteiger partial charge in [-0.1, -0.05) is 30.3 Å². The van der Waals surface area contributed by atoms with Crippen LogP contribution in [0.3, 0.4) is 0 Å². The SMILES string of the molecule is CC1=C(OC(=O)c2ccccc2)C(=O)c2c(O)cccc2C1=O. The summed E-state index contributed by atoms with van der Waals surface area (Å²) in [6.07, 6.45) is 0. The maximum atomic E-state index is 12.5. The Kier molecular flexibility index (Phi) is 3.54. The fourth-order valence-electron chi connectivity index (χ4n) is 2.41. The Labute approximate surface area is 131 Å². The Morgan fingerprint density at radius 1 is 0.957 bits per heavy atom. The monoisotopic (exact) mass is 308 g/mol. The van der Waals surface area contributed by atoms with Gasteiger partial charge in [0.05, 0.1) is 11.1 Å². The fourth-order valence-corrected chi connectivity index (χ4v) is 2.41. The number of esters is 1. The van der Waals surface area contributed by atoms with Crippen molar-refractivity contribution in [2.24, 2.45) is 0 Å². The first kappa shape index (κ1) is 14.7. The van der Waals surface area contributed by atoms with E-state index in [2.05, 4.69) is 0 Å². The highest BCUT2D eigenvalue weighted by Gasteiger charge is 2.34. The molecule has 5 nitrogen and oxygen atoms in total. The summed E-state index contributed by atoms with van der Waals surface area (Å²) >= 11 is 0. The molecule has 0 aromatic heterocycles. The molecule has 1 aliphatic rings. The first-order valence-corrected chi connectivity index (χ1v) is 6.90. The van der Waals surface area contributed by atoms with Gasteiger partial charge in [0, 0.05) is 11.1 Å². The summed E-state index contributed by atoms with van der Waals surface area (Å²) in [5, 5.41) is 9.86. The van der Waals surface area contributed by atoms with Gasteiger partial charge in [0.25, 0.3) is 0 Å². The van der Waals surface area contributed by atoms with E-state index in [1.165, 1.54) is 25.1 Å². The molecule has 0 saturated carbocycles. The summed E-state index contributed by atoms with van der Waals surface area (Å²) in [6.45, 7) is 1.42. The van der Waals surface area contributed by atoms with E-state index in [9.17, 15) is 19.5 Å². The van der Waals surface area contributed by atoms with E-state index in [1.54, 1.807) is 30.3 Å². The van der Waals surface area contributed by atoms with Crippen LogP contribution in [0.15, 0.2) is 59.9 Å². The molecule has 114 valence electrons. The number of ether oxygens (including phenoxy) is 1. The minimum atomic E-state index is -0.736. The molecule has 0 unspecified atom stereocenters. The number of carbonyl (C=O) groups is 3. The Bertz CT molecular complexity index is 862. The summed E-state index contributed by atoms with van der Waals surface area (Å²) in [7, 11) is 0. The minimum absolute atomic E-state index is 0.0392. The molecule has 0 spiro atoms. The third kappa shape index (κ3) is 2.42. The molecule has 0 heterocycles. The van der Waals surface area contributed by atoms with E-state index in [-0.39, 0.29) is 33.8 Å². The Balaban J connectivity index is 2.01. The van der Waals surface area contributed by atoms with Crippen LogP contribution in [0.2, 0.25) is 0 Å². The van der Waals surface area contributed by atoms with E-state index in [1.807, 2.05) is 0 Å². The van der Waals surface area contributed by atoms with Gasteiger partial charge in [0.15, 0.2) is 11.5 Å². The Hall–Kier alpha value is -3.21. The largest absolute Gasteiger partial charge is 0.507 e. The van der Waals surface area contributed by atoms with E-state index in [4.69, 9.17) is 4.74 Å². The van der Waals surface area contributed by atoms with Crippen molar-refractivity contribution in [2.75, 3.05) is 0 Å².